The van der Waals surface area contributed by atoms with E-state index in [1.54, 1.807) is 0 Å². The third-order valence-corrected chi connectivity index (χ3v) is 1.46. The fourth-order valence-corrected chi connectivity index (χ4v) is 0.911. The first kappa shape index (κ1) is 11.0. The zero-order valence-electron chi connectivity index (χ0n) is 8.23. The molecule has 80 valence electrons. The Kier molecular flexibility index (Phi) is 3.61. The van der Waals surface area contributed by atoms with E-state index < -0.39 is 6.09 Å². The number of aromatic nitrogens is 2. The van der Waals surface area contributed by atoms with Gasteiger partial charge in [-0.05, 0) is 13.0 Å². The summed E-state index contributed by atoms with van der Waals surface area (Å²) in [6.07, 6.45) is 0.249. The fraction of sp³-hybridized carbons (Fsp3) is 0.222. The highest BCUT2D eigenvalue weighted by molar-refractivity contribution is 5.81. The number of hydrogen-bond donors (Lipinski definition) is 2. The number of ether oxygens (including phenoxy) is 1. The SMILES string of the molecule is C=C(OCC)c1nccc(NC(=O)O)n1. The summed E-state index contributed by atoms with van der Waals surface area (Å²) in [4.78, 5) is 18.2. The number of carboxylic acid groups (broad SMARTS) is 1. The summed E-state index contributed by atoms with van der Waals surface area (Å²) in [6.45, 7) is 5.88. The predicted octanol–water partition coefficient (Wildman–Crippen LogP) is 1.57. The molecule has 0 radical (unpaired) electrons. The van der Waals surface area contributed by atoms with Gasteiger partial charge in [-0.3, -0.25) is 5.32 Å². The molecule has 1 aromatic rings. The lowest BCUT2D eigenvalue weighted by molar-refractivity contribution is 0.209. The highest BCUT2D eigenvalue weighted by Gasteiger charge is 2.05. The van der Waals surface area contributed by atoms with Crippen LogP contribution in [0.15, 0.2) is 18.8 Å². The summed E-state index contributed by atoms with van der Waals surface area (Å²) in [5, 5.41) is 10.6. The van der Waals surface area contributed by atoms with Gasteiger partial charge in [0.25, 0.3) is 0 Å². The number of anilines is 1. The largest absolute Gasteiger partial charge is 0.491 e. The second-order valence-electron chi connectivity index (χ2n) is 2.55. The van der Waals surface area contributed by atoms with Gasteiger partial charge in [0.2, 0.25) is 0 Å². The minimum Gasteiger partial charge on any atom is -0.491 e. The molecule has 0 aliphatic heterocycles. The molecule has 0 bridgehead atoms. The summed E-state index contributed by atoms with van der Waals surface area (Å²) in [5.74, 6) is 0.767. The highest BCUT2D eigenvalue weighted by Crippen LogP contribution is 2.10. The van der Waals surface area contributed by atoms with Gasteiger partial charge in [0.1, 0.15) is 5.82 Å². The average molecular weight is 209 g/mol. The molecule has 0 aliphatic rings. The molecule has 0 aromatic carbocycles. The van der Waals surface area contributed by atoms with Crippen molar-refractivity contribution in [3.8, 4) is 0 Å². The number of carbonyl (C=O) groups is 1. The molecule has 0 spiro atoms. The Bertz CT molecular complexity index is 379. The zero-order chi connectivity index (χ0) is 11.3. The third kappa shape index (κ3) is 3.26. The molecule has 1 heterocycles. The van der Waals surface area contributed by atoms with Crippen LogP contribution in [0.3, 0.4) is 0 Å². The lowest BCUT2D eigenvalue weighted by atomic mass is 10.4. The van der Waals surface area contributed by atoms with Gasteiger partial charge in [0, 0.05) is 6.20 Å². The van der Waals surface area contributed by atoms with Crippen LogP contribution in [0.4, 0.5) is 10.6 Å². The average Bonchev–Trinajstić information content (AvgIpc) is 2.17. The minimum atomic E-state index is -1.18. The van der Waals surface area contributed by atoms with Crippen LogP contribution >= 0.6 is 0 Å². The molecule has 0 saturated carbocycles. The second-order valence-corrected chi connectivity index (χ2v) is 2.55. The summed E-state index contributed by atoms with van der Waals surface area (Å²) < 4.78 is 5.09. The second kappa shape index (κ2) is 4.94. The molecule has 1 amide bonds. The zero-order valence-corrected chi connectivity index (χ0v) is 8.23. The Balaban J connectivity index is 2.82. The molecule has 2 N–H and O–H groups in total. The molecule has 0 atom stereocenters. The Morgan fingerprint density at radius 1 is 1.73 bits per heavy atom. The van der Waals surface area contributed by atoms with E-state index >= 15 is 0 Å². The summed E-state index contributed by atoms with van der Waals surface area (Å²) in [7, 11) is 0. The number of hydrogen-bond acceptors (Lipinski definition) is 4. The van der Waals surface area contributed by atoms with Crippen LogP contribution in [0.2, 0.25) is 0 Å². The van der Waals surface area contributed by atoms with Crippen molar-refractivity contribution >= 4 is 17.7 Å². The first-order valence-electron chi connectivity index (χ1n) is 4.28. The number of nitrogens with zero attached hydrogens (tertiary/aromatic N) is 2. The number of rotatable bonds is 4. The van der Waals surface area contributed by atoms with Crippen molar-refractivity contribution in [2.24, 2.45) is 0 Å². The molecule has 0 unspecified atom stereocenters. The molecule has 0 fully saturated rings. The maximum Gasteiger partial charge on any atom is 0.410 e. The standard InChI is InChI=1S/C9H11N3O3/c1-3-15-6(2)8-10-5-4-7(11-8)12-9(13)14/h4-5H,2-3H2,1H3,(H,13,14)(H,10,11,12). The van der Waals surface area contributed by atoms with Crippen molar-refractivity contribution in [3.05, 3.63) is 24.7 Å². The summed E-state index contributed by atoms with van der Waals surface area (Å²) >= 11 is 0. The number of amides is 1. The third-order valence-electron chi connectivity index (χ3n) is 1.46. The van der Waals surface area contributed by atoms with Gasteiger partial charge < -0.3 is 9.84 Å². The molecular formula is C9H11N3O3. The first-order valence-corrected chi connectivity index (χ1v) is 4.28. The van der Waals surface area contributed by atoms with E-state index in [-0.39, 0.29) is 11.6 Å². The Labute approximate surface area is 86.6 Å². The van der Waals surface area contributed by atoms with Gasteiger partial charge in [-0.15, -0.1) is 0 Å². The predicted molar refractivity (Wildman–Crippen MR) is 54.3 cm³/mol. The van der Waals surface area contributed by atoms with Gasteiger partial charge in [-0.25, -0.2) is 14.8 Å². The molecule has 1 aromatic heterocycles. The quantitative estimate of drug-likeness (QED) is 0.735. The van der Waals surface area contributed by atoms with Crippen molar-refractivity contribution < 1.29 is 14.6 Å². The Morgan fingerprint density at radius 2 is 2.47 bits per heavy atom. The van der Waals surface area contributed by atoms with Crippen LogP contribution in [0.5, 0.6) is 0 Å². The van der Waals surface area contributed by atoms with Crippen LogP contribution < -0.4 is 5.32 Å². The molecule has 6 heteroatoms. The van der Waals surface area contributed by atoms with E-state index in [0.29, 0.717) is 12.4 Å². The van der Waals surface area contributed by atoms with E-state index in [0.717, 1.165) is 0 Å². The molecular weight excluding hydrogens is 198 g/mol. The van der Waals surface area contributed by atoms with Crippen LogP contribution in [-0.4, -0.2) is 27.8 Å². The van der Waals surface area contributed by atoms with Crippen molar-refractivity contribution in [2.45, 2.75) is 6.92 Å². The van der Waals surface area contributed by atoms with Crippen LogP contribution in [-0.2, 0) is 4.74 Å². The van der Waals surface area contributed by atoms with E-state index in [9.17, 15) is 4.79 Å². The van der Waals surface area contributed by atoms with E-state index in [1.807, 2.05) is 6.92 Å². The smallest absolute Gasteiger partial charge is 0.410 e. The van der Waals surface area contributed by atoms with Crippen molar-refractivity contribution in [3.63, 3.8) is 0 Å². The normalized spacial score (nSPS) is 9.40. The molecule has 1 rings (SSSR count). The van der Waals surface area contributed by atoms with Crippen LogP contribution in [0.1, 0.15) is 12.7 Å². The van der Waals surface area contributed by atoms with Gasteiger partial charge in [-0.2, -0.15) is 0 Å². The van der Waals surface area contributed by atoms with Crippen molar-refractivity contribution in [1.82, 2.24) is 9.97 Å². The number of nitrogens with one attached hydrogen (secondary N) is 1. The van der Waals surface area contributed by atoms with E-state index in [2.05, 4.69) is 21.9 Å². The Morgan fingerprint density at radius 3 is 3.07 bits per heavy atom. The molecule has 6 nitrogen and oxygen atoms in total. The van der Waals surface area contributed by atoms with E-state index in [1.165, 1.54) is 12.3 Å². The summed E-state index contributed by atoms with van der Waals surface area (Å²) in [6, 6.07) is 1.44. The topological polar surface area (TPSA) is 84.3 Å². The van der Waals surface area contributed by atoms with E-state index in [4.69, 9.17) is 9.84 Å². The van der Waals surface area contributed by atoms with Gasteiger partial charge in [0.15, 0.2) is 11.6 Å². The van der Waals surface area contributed by atoms with Gasteiger partial charge >= 0.3 is 6.09 Å². The summed E-state index contributed by atoms with van der Waals surface area (Å²) in [5.41, 5.74) is 0. The molecule has 0 saturated heterocycles. The molecule has 0 aliphatic carbocycles. The van der Waals surface area contributed by atoms with Crippen molar-refractivity contribution in [1.29, 1.82) is 0 Å². The Hall–Kier alpha value is -2.11. The highest BCUT2D eigenvalue weighted by atomic mass is 16.5. The lowest BCUT2D eigenvalue weighted by Crippen LogP contribution is -2.10. The molecule has 15 heavy (non-hydrogen) atoms. The van der Waals surface area contributed by atoms with Crippen LogP contribution in [0.25, 0.3) is 5.76 Å². The van der Waals surface area contributed by atoms with Gasteiger partial charge in [0.05, 0.1) is 6.61 Å². The van der Waals surface area contributed by atoms with Crippen LogP contribution in [0, 0.1) is 0 Å². The van der Waals surface area contributed by atoms with Crippen molar-refractivity contribution in [2.75, 3.05) is 11.9 Å². The lowest BCUT2D eigenvalue weighted by Gasteiger charge is -2.06. The maximum absolute atomic E-state index is 10.4. The maximum atomic E-state index is 10.4. The first-order chi connectivity index (χ1) is 7.13. The minimum absolute atomic E-state index is 0.188. The monoisotopic (exact) mass is 209 g/mol. The fourth-order valence-electron chi connectivity index (χ4n) is 0.911. The van der Waals surface area contributed by atoms with Gasteiger partial charge in [-0.1, -0.05) is 6.58 Å².